The molecule has 18 heavy (non-hydrogen) atoms. The number of rotatable bonds is 4. The van der Waals surface area contributed by atoms with Crippen molar-refractivity contribution < 1.29 is 0 Å². The van der Waals surface area contributed by atoms with Gasteiger partial charge in [0.05, 0.1) is 0 Å². The molecule has 0 spiro atoms. The van der Waals surface area contributed by atoms with Crippen LogP contribution in [-0.2, 0) is 13.6 Å². The summed E-state index contributed by atoms with van der Waals surface area (Å²) in [6, 6.07) is 4.88. The van der Waals surface area contributed by atoms with Crippen molar-refractivity contribution in [3.8, 4) is 6.07 Å². The smallest absolute Gasteiger partial charge is 0.120 e. The molecule has 2 rings (SSSR count). The Morgan fingerprint density at radius 3 is 2.89 bits per heavy atom. The lowest BCUT2D eigenvalue weighted by atomic mass is 10.2. The zero-order valence-electron chi connectivity index (χ0n) is 11.4. The first kappa shape index (κ1) is 13.5. The van der Waals surface area contributed by atoms with E-state index in [0.717, 1.165) is 17.5 Å². The lowest BCUT2D eigenvalue weighted by molar-refractivity contribution is 0.524. The molecular weight excluding hydrogens is 242 g/mol. The van der Waals surface area contributed by atoms with Crippen molar-refractivity contribution in [2.45, 2.75) is 44.0 Å². The number of nitriles is 1. The molecule has 1 aromatic heterocycles. The van der Waals surface area contributed by atoms with Crippen molar-refractivity contribution in [3.63, 3.8) is 0 Å². The molecule has 1 aliphatic rings. The SMILES string of the molecule is CSC1CCC(NCc2cc(C#N)n(C)c2C)C1. The minimum Gasteiger partial charge on any atom is -0.340 e. The van der Waals surface area contributed by atoms with E-state index in [1.165, 1.54) is 30.5 Å². The highest BCUT2D eigenvalue weighted by Gasteiger charge is 2.23. The van der Waals surface area contributed by atoms with E-state index >= 15 is 0 Å². The summed E-state index contributed by atoms with van der Waals surface area (Å²) < 4.78 is 1.97. The van der Waals surface area contributed by atoms with Crippen molar-refractivity contribution in [1.82, 2.24) is 9.88 Å². The van der Waals surface area contributed by atoms with E-state index in [0.29, 0.717) is 6.04 Å². The number of nitrogens with zero attached hydrogens (tertiary/aromatic N) is 2. The molecule has 0 aliphatic heterocycles. The molecular formula is C14H21N3S. The van der Waals surface area contributed by atoms with Crippen molar-refractivity contribution in [3.05, 3.63) is 23.0 Å². The van der Waals surface area contributed by atoms with Crippen LogP contribution in [0.15, 0.2) is 6.07 Å². The molecule has 0 bridgehead atoms. The molecule has 0 saturated heterocycles. The van der Waals surface area contributed by atoms with E-state index in [-0.39, 0.29) is 0 Å². The number of hydrogen-bond donors (Lipinski definition) is 1. The molecule has 3 nitrogen and oxygen atoms in total. The van der Waals surface area contributed by atoms with Crippen LogP contribution in [0.1, 0.15) is 36.2 Å². The molecule has 1 saturated carbocycles. The maximum Gasteiger partial charge on any atom is 0.120 e. The maximum absolute atomic E-state index is 9.01. The minimum absolute atomic E-state index is 0.646. The fraction of sp³-hybridized carbons (Fsp3) is 0.643. The predicted molar refractivity (Wildman–Crippen MR) is 76.6 cm³/mol. The van der Waals surface area contributed by atoms with Crippen LogP contribution >= 0.6 is 11.8 Å². The van der Waals surface area contributed by atoms with E-state index in [1.54, 1.807) is 0 Å². The van der Waals surface area contributed by atoms with Gasteiger partial charge in [-0.1, -0.05) is 0 Å². The molecule has 0 amide bonds. The molecule has 0 aromatic carbocycles. The van der Waals surface area contributed by atoms with Crippen LogP contribution in [0.25, 0.3) is 0 Å². The average molecular weight is 263 g/mol. The fourth-order valence-electron chi connectivity index (χ4n) is 2.64. The van der Waals surface area contributed by atoms with Gasteiger partial charge in [0, 0.05) is 30.6 Å². The van der Waals surface area contributed by atoms with Crippen LogP contribution in [0.2, 0.25) is 0 Å². The predicted octanol–water partition coefficient (Wildman–Crippen LogP) is 2.58. The van der Waals surface area contributed by atoms with Gasteiger partial charge in [0.25, 0.3) is 0 Å². The quantitative estimate of drug-likeness (QED) is 0.907. The third-order valence-corrected chi connectivity index (χ3v) is 5.15. The molecule has 1 heterocycles. The molecule has 1 aromatic rings. The number of nitrogens with one attached hydrogen (secondary N) is 1. The molecule has 1 N–H and O–H groups in total. The van der Waals surface area contributed by atoms with Crippen molar-refractivity contribution in [1.29, 1.82) is 5.26 Å². The summed E-state index contributed by atoms with van der Waals surface area (Å²) in [7, 11) is 1.96. The second-order valence-corrected chi connectivity index (χ2v) is 6.20. The van der Waals surface area contributed by atoms with E-state index in [9.17, 15) is 0 Å². The van der Waals surface area contributed by atoms with Gasteiger partial charge in [-0.2, -0.15) is 17.0 Å². The van der Waals surface area contributed by atoms with E-state index in [4.69, 9.17) is 5.26 Å². The Morgan fingerprint density at radius 2 is 2.33 bits per heavy atom. The standard InChI is InChI=1S/C14H21N3S/c1-10-11(6-13(8-15)17(10)2)9-16-12-4-5-14(7-12)18-3/h6,12,14,16H,4-5,7,9H2,1-3H3. The fourth-order valence-corrected chi connectivity index (χ4v) is 3.44. The van der Waals surface area contributed by atoms with Crippen molar-refractivity contribution in [2.24, 2.45) is 7.05 Å². The summed E-state index contributed by atoms with van der Waals surface area (Å²) in [5.41, 5.74) is 3.19. The molecule has 0 radical (unpaired) electrons. The summed E-state index contributed by atoms with van der Waals surface area (Å²) in [5.74, 6) is 0. The van der Waals surface area contributed by atoms with Gasteiger partial charge in [-0.25, -0.2) is 0 Å². The summed E-state index contributed by atoms with van der Waals surface area (Å²) in [6.07, 6.45) is 6.09. The van der Waals surface area contributed by atoms with Gasteiger partial charge in [0.1, 0.15) is 11.8 Å². The van der Waals surface area contributed by atoms with Gasteiger partial charge in [-0.05, 0) is 44.1 Å². The van der Waals surface area contributed by atoms with Crippen LogP contribution in [0.4, 0.5) is 0 Å². The molecule has 4 heteroatoms. The average Bonchev–Trinajstić information content (AvgIpc) is 2.95. The molecule has 2 atom stereocenters. The van der Waals surface area contributed by atoms with E-state index < -0.39 is 0 Å². The Kier molecular flexibility index (Phi) is 4.36. The first-order chi connectivity index (χ1) is 8.65. The van der Waals surface area contributed by atoms with E-state index in [1.807, 2.05) is 29.4 Å². The van der Waals surface area contributed by atoms with Crippen molar-refractivity contribution >= 4 is 11.8 Å². The van der Waals surface area contributed by atoms with Gasteiger partial charge in [-0.15, -0.1) is 0 Å². The summed E-state index contributed by atoms with van der Waals surface area (Å²) in [5, 5.41) is 13.5. The number of hydrogen-bond acceptors (Lipinski definition) is 3. The van der Waals surface area contributed by atoms with Crippen LogP contribution < -0.4 is 5.32 Å². The molecule has 1 aliphatic carbocycles. The zero-order chi connectivity index (χ0) is 13.1. The Bertz CT molecular complexity index is 458. The highest BCUT2D eigenvalue weighted by molar-refractivity contribution is 7.99. The maximum atomic E-state index is 9.01. The third-order valence-electron chi connectivity index (χ3n) is 4.05. The minimum atomic E-state index is 0.646. The second-order valence-electron chi connectivity index (χ2n) is 5.06. The lowest BCUT2D eigenvalue weighted by Crippen LogP contribution is -2.26. The highest BCUT2D eigenvalue weighted by atomic mass is 32.2. The van der Waals surface area contributed by atoms with Crippen LogP contribution in [0, 0.1) is 18.3 Å². The Balaban J connectivity index is 1.93. The molecule has 2 unspecified atom stereocenters. The first-order valence-electron chi connectivity index (χ1n) is 6.47. The second kappa shape index (κ2) is 5.81. The van der Waals surface area contributed by atoms with Crippen LogP contribution in [-0.4, -0.2) is 22.1 Å². The Labute approximate surface area is 114 Å². The van der Waals surface area contributed by atoms with Gasteiger partial charge < -0.3 is 9.88 Å². The van der Waals surface area contributed by atoms with Crippen LogP contribution in [0.5, 0.6) is 0 Å². The topological polar surface area (TPSA) is 40.8 Å². The molecule has 1 fully saturated rings. The monoisotopic (exact) mass is 263 g/mol. The third kappa shape index (κ3) is 2.73. The van der Waals surface area contributed by atoms with Crippen molar-refractivity contribution in [2.75, 3.05) is 6.26 Å². The normalized spacial score (nSPS) is 23.2. The Hall–Kier alpha value is -0.920. The van der Waals surface area contributed by atoms with Gasteiger partial charge in [-0.3, -0.25) is 0 Å². The Morgan fingerprint density at radius 1 is 1.56 bits per heavy atom. The number of aromatic nitrogens is 1. The van der Waals surface area contributed by atoms with Gasteiger partial charge in [0.2, 0.25) is 0 Å². The summed E-state index contributed by atoms with van der Waals surface area (Å²) in [4.78, 5) is 0. The number of thioether (sulfide) groups is 1. The van der Waals surface area contributed by atoms with E-state index in [2.05, 4.69) is 24.6 Å². The highest BCUT2D eigenvalue weighted by Crippen LogP contribution is 2.28. The first-order valence-corrected chi connectivity index (χ1v) is 7.76. The summed E-state index contributed by atoms with van der Waals surface area (Å²) in [6.45, 7) is 2.96. The zero-order valence-corrected chi connectivity index (χ0v) is 12.2. The largest absolute Gasteiger partial charge is 0.340 e. The molecule has 98 valence electrons. The van der Waals surface area contributed by atoms with Crippen LogP contribution in [0.3, 0.4) is 0 Å². The van der Waals surface area contributed by atoms with Gasteiger partial charge >= 0.3 is 0 Å². The summed E-state index contributed by atoms with van der Waals surface area (Å²) >= 11 is 1.98. The lowest BCUT2D eigenvalue weighted by Gasteiger charge is -2.12. The van der Waals surface area contributed by atoms with Gasteiger partial charge in [0.15, 0.2) is 0 Å².